The molecule has 2 aromatic carbocycles. The number of carbonyl (C=O) groups is 1. The molecule has 0 bridgehead atoms. The standard InChI is InChI=1S/C15H13BrINO3/c1-20-10-4-6-13(14(8-10)21-2)18-15(19)11-7-9(16)3-5-12(11)17/h3-8H,1-2H3,(H,18,19). The minimum absolute atomic E-state index is 0.191. The number of nitrogens with one attached hydrogen (secondary N) is 1. The first-order valence-corrected chi connectivity index (χ1v) is 7.90. The quantitative estimate of drug-likeness (QED) is 0.689. The summed E-state index contributed by atoms with van der Waals surface area (Å²) in [4.78, 5) is 12.4. The summed E-state index contributed by atoms with van der Waals surface area (Å²) < 4.78 is 12.1. The van der Waals surface area contributed by atoms with E-state index in [4.69, 9.17) is 9.47 Å². The Hall–Kier alpha value is -1.28. The summed E-state index contributed by atoms with van der Waals surface area (Å²) in [6, 6.07) is 10.8. The Morgan fingerprint density at radius 3 is 2.57 bits per heavy atom. The Morgan fingerprint density at radius 1 is 1.14 bits per heavy atom. The van der Waals surface area contributed by atoms with Gasteiger partial charge in [0.2, 0.25) is 0 Å². The number of ether oxygens (including phenoxy) is 2. The highest BCUT2D eigenvalue weighted by Gasteiger charge is 2.13. The van der Waals surface area contributed by atoms with Crippen LogP contribution in [-0.2, 0) is 0 Å². The van der Waals surface area contributed by atoms with E-state index in [2.05, 4.69) is 43.8 Å². The molecule has 1 N–H and O–H groups in total. The zero-order valence-electron chi connectivity index (χ0n) is 11.4. The van der Waals surface area contributed by atoms with Crippen molar-refractivity contribution in [3.8, 4) is 11.5 Å². The number of methoxy groups -OCH3 is 2. The normalized spacial score (nSPS) is 10.1. The van der Waals surface area contributed by atoms with Crippen LogP contribution in [0.5, 0.6) is 11.5 Å². The van der Waals surface area contributed by atoms with Crippen LogP contribution in [0.15, 0.2) is 40.9 Å². The second kappa shape index (κ2) is 7.13. The predicted octanol–water partition coefficient (Wildman–Crippen LogP) is 4.32. The fraction of sp³-hybridized carbons (Fsp3) is 0.133. The van der Waals surface area contributed by atoms with E-state index in [0.29, 0.717) is 22.7 Å². The second-order valence-corrected chi connectivity index (χ2v) is 6.22. The summed E-state index contributed by atoms with van der Waals surface area (Å²) in [5.74, 6) is 1.03. The fourth-order valence-electron chi connectivity index (χ4n) is 1.76. The Morgan fingerprint density at radius 2 is 1.90 bits per heavy atom. The van der Waals surface area contributed by atoms with Gasteiger partial charge >= 0.3 is 0 Å². The number of amides is 1. The summed E-state index contributed by atoms with van der Waals surface area (Å²) in [5, 5.41) is 2.85. The molecule has 0 aromatic heterocycles. The highest BCUT2D eigenvalue weighted by molar-refractivity contribution is 14.1. The average Bonchev–Trinajstić information content (AvgIpc) is 2.49. The van der Waals surface area contributed by atoms with E-state index in [1.165, 1.54) is 0 Å². The summed E-state index contributed by atoms with van der Waals surface area (Å²) in [6.07, 6.45) is 0. The SMILES string of the molecule is COc1ccc(NC(=O)c2cc(Br)ccc2I)c(OC)c1. The van der Waals surface area contributed by atoms with Crippen LogP contribution in [0.25, 0.3) is 0 Å². The molecule has 6 heteroatoms. The smallest absolute Gasteiger partial charge is 0.256 e. The van der Waals surface area contributed by atoms with E-state index in [1.54, 1.807) is 38.5 Å². The Bertz CT molecular complexity index is 676. The average molecular weight is 462 g/mol. The third kappa shape index (κ3) is 3.88. The predicted molar refractivity (Wildman–Crippen MR) is 94.4 cm³/mol. The Labute approximate surface area is 145 Å². The molecule has 0 fully saturated rings. The zero-order valence-corrected chi connectivity index (χ0v) is 15.2. The van der Waals surface area contributed by atoms with Crippen molar-refractivity contribution >= 4 is 50.1 Å². The molecule has 110 valence electrons. The van der Waals surface area contributed by atoms with E-state index in [0.717, 1.165) is 8.04 Å². The zero-order chi connectivity index (χ0) is 15.4. The molecular formula is C15H13BrINO3. The van der Waals surface area contributed by atoms with Gasteiger partial charge in [-0.3, -0.25) is 4.79 Å². The molecule has 0 spiro atoms. The lowest BCUT2D eigenvalue weighted by molar-refractivity contribution is 0.102. The first-order chi connectivity index (χ1) is 10.0. The maximum absolute atomic E-state index is 12.4. The maximum atomic E-state index is 12.4. The number of rotatable bonds is 4. The van der Waals surface area contributed by atoms with Crippen molar-refractivity contribution in [3.05, 3.63) is 50.0 Å². The molecule has 0 heterocycles. The minimum Gasteiger partial charge on any atom is -0.497 e. The largest absolute Gasteiger partial charge is 0.497 e. The number of hydrogen-bond donors (Lipinski definition) is 1. The van der Waals surface area contributed by atoms with Gasteiger partial charge in [0.15, 0.2) is 0 Å². The van der Waals surface area contributed by atoms with Gasteiger partial charge in [0, 0.05) is 14.1 Å². The van der Waals surface area contributed by atoms with Gasteiger partial charge in [0.1, 0.15) is 11.5 Å². The molecule has 0 radical (unpaired) electrons. The van der Waals surface area contributed by atoms with Crippen LogP contribution in [0, 0.1) is 3.57 Å². The highest BCUT2D eigenvalue weighted by Crippen LogP contribution is 2.30. The molecule has 2 aromatic rings. The summed E-state index contributed by atoms with van der Waals surface area (Å²) in [5.41, 5.74) is 1.20. The first kappa shape index (κ1) is 16.1. The van der Waals surface area contributed by atoms with Crippen molar-refractivity contribution in [3.63, 3.8) is 0 Å². The fourth-order valence-corrected chi connectivity index (χ4v) is 2.70. The number of benzene rings is 2. The third-order valence-electron chi connectivity index (χ3n) is 2.83. The van der Waals surface area contributed by atoms with Crippen molar-refractivity contribution in [2.45, 2.75) is 0 Å². The summed E-state index contributed by atoms with van der Waals surface area (Å²) in [6.45, 7) is 0. The number of anilines is 1. The molecule has 4 nitrogen and oxygen atoms in total. The van der Waals surface area contributed by atoms with Crippen molar-refractivity contribution in [1.29, 1.82) is 0 Å². The van der Waals surface area contributed by atoms with E-state index in [1.807, 2.05) is 12.1 Å². The molecule has 0 unspecified atom stereocenters. The van der Waals surface area contributed by atoms with Gasteiger partial charge in [-0.25, -0.2) is 0 Å². The highest BCUT2D eigenvalue weighted by atomic mass is 127. The van der Waals surface area contributed by atoms with Crippen molar-refractivity contribution in [2.24, 2.45) is 0 Å². The van der Waals surface area contributed by atoms with Gasteiger partial charge < -0.3 is 14.8 Å². The number of carbonyl (C=O) groups excluding carboxylic acids is 1. The Kier molecular flexibility index (Phi) is 5.46. The molecule has 0 aliphatic heterocycles. The monoisotopic (exact) mass is 461 g/mol. The van der Waals surface area contributed by atoms with E-state index < -0.39 is 0 Å². The van der Waals surface area contributed by atoms with Crippen LogP contribution >= 0.6 is 38.5 Å². The molecule has 0 atom stereocenters. The van der Waals surface area contributed by atoms with E-state index in [9.17, 15) is 4.79 Å². The lowest BCUT2D eigenvalue weighted by atomic mass is 10.2. The molecule has 21 heavy (non-hydrogen) atoms. The third-order valence-corrected chi connectivity index (χ3v) is 4.26. The van der Waals surface area contributed by atoms with Crippen LogP contribution in [0.3, 0.4) is 0 Å². The lowest BCUT2D eigenvalue weighted by Gasteiger charge is -2.12. The lowest BCUT2D eigenvalue weighted by Crippen LogP contribution is -2.14. The van der Waals surface area contributed by atoms with Crippen LogP contribution in [-0.4, -0.2) is 20.1 Å². The van der Waals surface area contributed by atoms with Gasteiger partial charge in [-0.2, -0.15) is 0 Å². The van der Waals surface area contributed by atoms with Crippen molar-refractivity contribution in [1.82, 2.24) is 0 Å². The Balaban J connectivity index is 2.29. The van der Waals surface area contributed by atoms with Crippen molar-refractivity contribution in [2.75, 3.05) is 19.5 Å². The van der Waals surface area contributed by atoms with Gasteiger partial charge in [-0.05, 0) is 52.9 Å². The van der Waals surface area contributed by atoms with Crippen LogP contribution in [0.4, 0.5) is 5.69 Å². The van der Waals surface area contributed by atoms with Gasteiger partial charge in [-0.15, -0.1) is 0 Å². The maximum Gasteiger partial charge on any atom is 0.256 e. The summed E-state index contributed by atoms with van der Waals surface area (Å²) in [7, 11) is 3.13. The van der Waals surface area contributed by atoms with E-state index >= 15 is 0 Å². The van der Waals surface area contributed by atoms with Crippen LogP contribution < -0.4 is 14.8 Å². The second-order valence-electron chi connectivity index (χ2n) is 4.14. The molecule has 0 saturated heterocycles. The van der Waals surface area contributed by atoms with Gasteiger partial charge in [0.25, 0.3) is 5.91 Å². The van der Waals surface area contributed by atoms with Crippen molar-refractivity contribution < 1.29 is 14.3 Å². The molecule has 0 aliphatic rings. The number of hydrogen-bond acceptors (Lipinski definition) is 3. The molecule has 2 rings (SSSR count). The number of halogens is 2. The van der Waals surface area contributed by atoms with Gasteiger partial charge in [-0.1, -0.05) is 15.9 Å². The van der Waals surface area contributed by atoms with Gasteiger partial charge in [0.05, 0.1) is 25.5 Å². The van der Waals surface area contributed by atoms with Crippen LogP contribution in [0.1, 0.15) is 10.4 Å². The first-order valence-electron chi connectivity index (χ1n) is 6.03. The molecule has 0 aliphatic carbocycles. The molecule has 1 amide bonds. The van der Waals surface area contributed by atoms with E-state index in [-0.39, 0.29) is 5.91 Å². The van der Waals surface area contributed by atoms with Crippen LogP contribution in [0.2, 0.25) is 0 Å². The molecule has 0 saturated carbocycles. The topological polar surface area (TPSA) is 47.6 Å². The minimum atomic E-state index is -0.191. The summed E-state index contributed by atoms with van der Waals surface area (Å²) >= 11 is 5.50. The molecular weight excluding hydrogens is 449 g/mol.